The number of nitrogens with one attached hydrogen (secondary N) is 2. The van der Waals surface area contributed by atoms with Crippen LogP contribution in [0.5, 0.6) is 0 Å². The summed E-state index contributed by atoms with van der Waals surface area (Å²) in [5.41, 5.74) is 2.36. The minimum absolute atomic E-state index is 0.0283. The molecule has 1 aliphatic heterocycles. The Bertz CT molecular complexity index is 1320. The molecule has 11 nitrogen and oxygen atoms in total. The molecule has 0 bridgehead atoms. The van der Waals surface area contributed by atoms with Crippen molar-refractivity contribution in [2.45, 2.75) is 24.9 Å². The van der Waals surface area contributed by atoms with Crippen molar-refractivity contribution in [2.24, 2.45) is 0 Å². The van der Waals surface area contributed by atoms with Crippen molar-refractivity contribution in [3.05, 3.63) is 34.6 Å². The van der Waals surface area contributed by atoms with Crippen LogP contribution in [0.1, 0.15) is 24.1 Å². The number of imidazole rings is 1. The Morgan fingerprint density at radius 3 is 2.76 bits per heavy atom. The molecule has 174 valence electrons. The molecule has 5 rings (SSSR count). The van der Waals surface area contributed by atoms with E-state index in [1.165, 1.54) is 10.7 Å². The molecule has 2 aromatic heterocycles. The van der Waals surface area contributed by atoms with E-state index < -0.39 is 0 Å². The molecule has 1 saturated carbocycles. The number of likely N-dealkylation sites (N-methyl/N-ethyl adjacent to an activating group) is 1. The van der Waals surface area contributed by atoms with E-state index in [1.54, 1.807) is 12.1 Å². The lowest BCUT2D eigenvalue weighted by atomic mass is 10.1. The highest BCUT2D eigenvalue weighted by molar-refractivity contribution is 6.36. The average Bonchev–Trinajstić information content (AvgIpc) is 3.56. The number of halogens is 1. The van der Waals surface area contributed by atoms with Crippen molar-refractivity contribution in [2.75, 3.05) is 48.8 Å². The first-order valence-corrected chi connectivity index (χ1v) is 11.4. The Hall–Kier alpha value is -3.64. The molecule has 34 heavy (non-hydrogen) atoms. The summed E-state index contributed by atoms with van der Waals surface area (Å²) in [5.74, 6) is 0.749. The van der Waals surface area contributed by atoms with Crippen LogP contribution in [0.3, 0.4) is 0 Å². The van der Waals surface area contributed by atoms with Crippen molar-refractivity contribution >= 4 is 40.4 Å². The van der Waals surface area contributed by atoms with Gasteiger partial charge in [-0.3, -0.25) is 4.90 Å². The van der Waals surface area contributed by atoms with Gasteiger partial charge in [-0.25, -0.2) is 4.98 Å². The van der Waals surface area contributed by atoms with Crippen LogP contribution in [0.2, 0.25) is 5.02 Å². The fraction of sp³-hybridized carbons (Fsp3) is 0.409. The van der Waals surface area contributed by atoms with Gasteiger partial charge in [-0.05, 0) is 32.0 Å². The standard InChI is InChI=1S/C22H23ClN10O/c1-31-4-5-32(11-16(31)12-34)18-7-13(8-24)6-17(19(18)23)28-22-29-20(27-14-2-3-14)21-26-10-15(9-25)33(21)30-22/h6-7,10,14,16,34H,2-5,11-12H2,1H3,(H2,27,28,29,30). The highest BCUT2D eigenvalue weighted by Gasteiger charge is 2.27. The number of aromatic nitrogens is 4. The van der Waals surface area contributed by atoms with E-state index in [0.29, 0.717) is 52.6 Å². The van der Waals surface area contributed by atoms with Gasteiger partial charge < -0.3 is 20.6 Å². The number of fused-ring (bicyclic) bond motifs is 1. The predicted octanol–water partition coefficient (Wildman–Crippen LogP) is 1.95. The Labute approximate surface area is 201 Å². The number of hydrogen-bond donors (Lipinski definition) is 3. The minimum Gasteiger partial charge on any atom is -0.395 e. The zero-order valence-corrected chi connectivity index (χ0v) is 19.3. The quantitative estimate of drug-likeness (QED) is 0.481. The topological polar surface area (TPSA) is 141 Å². The smallest absolute Gasteiger partial charge is 0.247 e. The van der Waals surface area contributed by atoms with E-state index >= 15 is 0 Å². The zero-order valence-electron chi connectivity index (χ0n) is 18.5. The van der Waals surface area contributed by atoms with Crippen LogP contribution >= 0.6 is 11.6 Å². The molecule has 1 aromatic carbocycles. The first-order chi connectivity index (χ1) is 16.5. The van der Waals surface area contributed by atoms with Crippen molar-refractivity contribution in [3.8, 4) is 12.1 Å². The number of nitriles is 2. The molecule has 3 N–H and O–H groups in total. The van der Waals surface area contributed by atoms with Gasteiger partial charge in [0.15, 0.2) is 17.2 Å². The van der Waals surface area contributed by atoms with Crippen LogP contribution in [0.4, 0.5) is 23.1 Å². The highest BCUT2D eigenvalue weighted by atomic mass is 35.5. The lowest BCUT2D eigenvalue weighted by Gasteiger charge is -2.40. The summed E-state index contributed by atoms with van der Waals surface area (Å²) >= 11 is 6.81. The van der Waals surface area contributed by atoms with Gasteiger partial charge in [0.2, 0.25) is 5.95 Å². The molecular weight excluding hydrogens is 456 g/mol. The van der Waals surface area contributed by atoms with E-state index in [0.717, 1.165) is 19.4 Å². The normalized spacial score (nSPS) is 18.5. The third-order valence-electron chi connectivity index (χ3n) is 6.15. The number of hydrogen-bond acceptors (Lipinski definition) is 10. The summed E-state index contributed by atoms with van der Waals surface area (Å²) in [5, 5.41) is 40.1. The maximum atomic E-state index is 9.73. The third kappa shape index (κ3) is 4.17. The second kappa shape index (κ2) is 8.95. The van der Waals surface area contributed by atoms with Crippen molar-refractivity contribution in [1.82, 2.24) is 24.5 Å². The molecule has 1 unspecified atom stereocenters. The maximum Gasteiger partial charge on any atom is 0.247 e. The number of aliphatic hydroxyl groups is 1. The molecule has 0 spiro atoms. The highest BCUT2D eigenvalue weighted by Crippen LogP contribution is 2.37. The van der Waals surface area contributed by atoms with E-state index in [2.05, 4.69) is 47.6 Å². The molecule has 3 aromatic rings. The van der Waals surface area contributed by atoms with Gasteiger partial charge >= 0.3 is 0 Å². The number of anilines is 4. The van der Waals surface area contributed by atoms with Gasteiger partial charge in [-0.1, -0.05) is 11.6 Å². The molecule has 1 atom stereocenters. The Balaban J connectivity index is 1.53. The number of aliphatic hydroxyl groups excluding tert-OH is 1. The number of piperazine rings is 1. The number of nitrogens with zero attached hydrogens (tertiary/aromatic N) is 8. The van der Waals surface area contributed by atoms with Gasteiger partial charge in [-0.15, -0.1) is 5.10 Å². The lowest BCUT2D eigenvalue weighted by Crippen LogP contribution is -2.53. The summed E-state index contributed by atoms with van der Waals surface area (Å²) in [6.07, 6.45) is 3.55. The van der Waals surface area contributed by atoms with Crippen LogP contribution in [-0.2, 0) is 0 Å². The van der Waals surface area contributed by atoms with E-state index in [9.17, 15) is 15.6 Å². The largest absolute Gasteiger partial charge is 0.395 e. The molecule has 3 heterocycles. The second-order valence-electron chi connectivity index (χ2n) is 8.55. The van der Waals surface area contributed by atoms with Gasteiger partial charge in [-0.2, -0.15) is 20.0 Å². The van der Waals surface area contributed by atoms with Gasteiger partial charge in [0, 0.05) is 25.7 Å². The van der Waals surface area contributed by atoms with Crippen LogP contribution in [-0.4, -0.2) is 75.0 Å². The lowest BCUT2D eigenvalue weighted by molar-refractivity contribution is 0.135. The number of benzene rings is 1. The van der Waals surface area contributed by atoms with Crippen LogP contribution in [0.15, 0.2) is 18.3 Å². The molecule has 1 saturated heterocycles. The molecule has 2 fully saturated rings. The molecule has 1 aliphatic carbocycles. The minimum atomic E-state index is -0.0283. The number of rotatable bonds is 6. The molecular formula is C22H23ClN10O. The predicted molar refractivity (Wildman–Crippen MR) is 127 cm³/mol. The molecule has 0 amide bonds. The van der Waals surface area contributed by atoms with E-state index in [-0.39, 0.29) is 24.3 Å². The van der Waals surface area contributed by atoms with E-state index in [4.69, 9.17) is 11.6 Å². The summed E-state index contributed by atoms with van der Waals surface area (Å²) < 4.78 is 1.44. The fourth-order valence-electron chi connectivity index (χ4n) is 4.01. The summed E-state index contributed by atoms with van der Waals surface area (Å²) in [4.78, 5) is 13.0. The van der Waals surface area contributed by atoms with E-state index in [1.807, 2.05) is 7.05 Å². The molecule has 12 heteroatoms. The summed E-state index contributed by atoms with van der Waals surface area (Å²) in [6.45, 7) is 2.08. The summed E-state index contributed by atoms with van der Waals surface area (Å²) in [6, 6.07) is 7.96. The monoisotopic (exact) mass is 478 g/mol. The summed E-state index contributed by atoms with van der Waals surface area (Å²) in [7, 11) is 1.98. The molecule has 0 radical (unpaired) electrons. The fourth-order valence-corrected chi connectivity index (χ4v) is 4.28. The Kier molecular flexibility index (Phi) is 5.84. The Morgan fingerprint density at radius 2 is 2.06 bits per heavy atom. The van der Waals surface area contributed by atoms with Crippen LogP contribution in [0, 0.1) is 22.7 Å². The zero-order chi connectivity index (χ0) is 23.8. The average molecular weight is 479 g/mol. The van der Waals surface area contributed by atoms with Gasteiger partial charge in [0.25, 0.3) is 0 Å². The second-order valence-corrected chi connectivity index (χ2v) is 8.93. The van der Waals surface area contributed by atoms with Crippen molar-refractivity contribution in [3.63, 3.8) is 0 Å². The molecule has 2 aliphatic rings. The van der Waals surface area contributed by atoms with Crippen molar-refractivity contribution < 1.29 is 5.11 Å². The maximum absolute atomic E-state index is 9.73. The van der Waals surface area contributed by atoms with Crippen LogP contribution in [0.25, 0.3) is 5.65 Å². The SMILES string of the molecule is CN1CCN(c2cc(C#N)cc(Nc3nc(NC4CC4)c4ncc(C#N)n4n3)c2Cl)CC1CO. The Morgan fingerprint density at radius 1 is 1.24 bits per heavy atom. The van der Waals surface area contributed by atoms with Crippen molar-refractivity contribution in [1.29, 1.82) is 10.5 Å². The first kappa shape index (κ1) is 22.2. The van der Waals surface area contributed by atoms with Gasteiger partial charge in [0.05, 0.1) is 46.9 Å². The van der Waals surface area contributed by atoms with Crippen LogP contribution < -0.4 is 15.5 Å². The van der Waals surface area contributed by atoms with Gasteiger partial charge in [0.1, 0.15) is 6.07 Å². The first-order valence-electron chi connectivity index (χ1n) is 11.0. The third-order valence-corrected chi connectivity index (χ3v) is 6.55.